The Morgan fingerprint density at radius 1 is 0.912 bits per heavy atom. The van der Waals surface area contributed by atoms with Crippen molar-refractivity contribution in [1.82, 2.24) is 0 Å². The quantitative estimate of drug-likeness (QED) is 0.221. The fraction of sp³-hybridized carbons (Fsp3) is 0.556. The van der Waals surface area contributed by atoms with E-state index in [0.29, 0.717) is 12.0 Å². The van der Waals surface area contributed by atoms with Crippen LogP contribution in [0.5, 0.6) is 11.5 Å². The second-order valence-corrected chi connectivity index (χ2v) is 9.21. The summed E-state index contributed by atoms with van der Waals surface area (Å²) in [6.45, 7) is -0.986. The standard InChI is InChI=1S/C27H33F5O2/c1-2-3-4-5-19-6-8-20(9-7-19)10-11-21-12-14-22(15-13-21)27(31,32)34-23-16-17-25(24(28)18-23)33-26(29)30/h12-20,26H,2-11H2,1H3/t19-,20-. The summed E-state index contributed by atoms with van der Waals surface area (Å²) in [7, 11) is 0. The number of halogens is 5. The molecule has 1 aliphatic rings. The topological polar surface area (TPSA) is 18.5 Å². The van der Waals surface area contributed by atoms with Crippen molar-refractivity contribution in [3.8, 4) is 11.5 Å². The van der Waals surface area contributed by atoms with Gasteiger partial charge in [0.05, 0.1) is 5.56 Å². The Morgan fingerprint density at radius 2 is 1.56 bits per heavy atom. The molecular formula is C27H33F5O2. The average Bonchev–Trinajstić information content (AvgIpc) is 2.80. The van der Waals surface area contributed by atoms with Crippen molar-refractivity contribution in [1.29, 1.82) is 0 Å². The van der Waals surface area contributed by atoms with Crippen molar-refractivity contribution >= 4 is 0 Å². The van der Waals surface area contributed by atoms with Gasteiger partial charge in [0.2, 0.25) is 0 Å². The minimum absolute atomic E-state index is 0.364. The van der Waals surface area contributed by atoms with Crippen molar-refractivity contribution in [3.63, 3.8) is 0 Å². The molecule has 34 heavy (non-hydrogen) atoms. The van der Waals surface area contributed by atoms with Crippen LogP contribution >= 0.6 is 0 Å². The largest absolute Gasteiger partial charge is 0.432 e. The third-order valence-corrected chi connectivity index (χ3v) is 6.68. The van der Waals surface area contributed by atoms with E-state index in [1.54, 1.807) is 12.1 Å². The van der Waals surface area contributed by atoms with E-state index in [4.69, 9.17) is 0 Å². The Morgan fingerprint density at radius 3 is 2.15 bits per heavy atom. The van der Waals surface area contributed by atoms with Crippen molar-refractivity contribution in [2.24, 2.45) is 11.8 Å². The van der Waals surface area contributed by atoms with E-state index in [1.165, 1.54) is 63.5 Å². The molecule has 0 heterocycles. The fourth-order valence-electron chi connectivity index (χ4n) is 4.67. The van der Waals surface area contributed by atoms with Gasteiger partial charge in [-0.05, 0) is 54.5 Å². The van der Waals surface area contributed by atoms with E-state index >= 15 is 0 Å². The van der Waals surface area contributed by atoms with Gasteiger partial charge in [-0.1, -0.05) is 70.4 Å². The molecule has 0 unspecified atom stereocenters. The summed E-state index contributed by atoms with van der Waals surface area (Å²) in [6, 6.07) is 8.34. The van der Waals surface area contributed by atoms with Gasteiger partial charge in [0.15, 0.2) is 11.6 Å². The highest BCUT2D eigenvalue weighted by Gasteiger charge is 2.34. The first-order chi connectivity index (χ1) is 16.3. The van der Waals surface area contributed by atoms with Crippen LogP contribution in [0.15, 0.2) is 42.5 Å². The lowest BCUT2D eigenvalue weighted by molar-refractivity contribution is -0.185. The molecule has 0 radical (unpaired) electrons. The molecule has 0 spiro atoms. The number of benzene rings is 2. The van der Waals surface area contributed by atoms with Crippen LogP contribution < -0.4 is 9.47 Å². The summed E-state index contributed by atoms with van der Waals surface area (Å²) in [4.78, 5) is 0. The molecule has 0 N–H and O–H groups in total. The molecule has 3 rings (SSSR count). The van der Waals surface area contributed by atoms with E-state index in [-0.39, 0.29) is 5.56 Å². The van der Waals surface area contributed by atoms with Gasteiger partial charge in [0, 0.05) is 6.07 Å². The Bertz CT molecular complexity index is 877. The Hall–Kier alpha value is -2.31. The summed E-state index contributed by atoms with van der Waals surface area (Å²) in [5.41, 5.74) is 0.626. The van der Waals surface area contributed by atoms with E-state index in [2.05, 4.69) is 16.4 Å². The van der Waals surface area contributed by atoms with Crippen molar-refractivity contribution in [2.45, 2.75) is 83.9 Å². The number of alkyl halides is 4. The average molecular weight is 485 g/mol. The van der Waals surface area contributed by atoms with Crippen LogP contribution in [0.3, 0.4) is 0 Å². The molecule has 2 aromatic rings. The predicted molar refractivity (Wildman–Crippen MR) is 122 cm³/mol. The van der Waals surface area contributed by atoms with Crippen LogP contribution in [0.25, 0.3) is 0 Å². The van der Waals surface area contributed by atoms with E-state index in [0.717, 1.165) is 36.5 Å². The summed E-state index contributed by atoms with van der Waals surface area (Å²) in [5, 5.41) is 0. The lowest BCUT2D eigenvalue weighted by Gasteiger charge is -2.28. The predicted octanol–water partition coefficient (Wildman–Crippen LogP) is 8.87. The molecule has 0 amide bonds. The minimum Gasteiger partial charge on any atom is -0.432 e. The summed E-state index contributed by atoms with van der Waals surface area (Å²) < 4.78 is 75.9. The van der Waals surface area contributed by atoms with E-state index in [9.17, 15) is 22.0 Å². The molecule has 0 saturated heterocycles. The zero-order valence-electron chi connectivity index (χ0n) is 19.6. The van der Waals surface area contributed by atoms with Gasteiger partial charge in [0.25, 0.3) is 0 Å². The fourth-order valence-corrected chi connectivity index (χ4v) is 4.67. The third-order valence-electron chi connectivity index (χ3n) is 6.68. The molecule has 2 nitrogen and oxygen atoms in total. The number of ether oxygens (including phenoxy) is 2. The van der Waals surface area contributed by atoms with Crippen LogP contribution in [0, 0.1) is 17.7 Å². The van der Waals surface area contributed by atoms with Gasteiger partial charge in [-0.2, -0.15) is 17.6 Å². The first-order valence-electron chi connectivity index (χ1n) is 12.2. The number of aryl methyl sites for hydroxylation is 1. The Kier molecular flexibility index (Phi) is 9.60. The maximum absolute atomic E-state index is 14.5. The van der Waals surface area contributed by atoms with Crippen LogP contribution in [-0.4, -0.2) is 6.61 Å². The highest BCUT2D eigenvalue weighted by molar-refractivity contribution is 5.34. The normalized spacial score (nSPS) is 18.8. The summed E-state index contributed by atoms with van der Waals surface area (Å²) in [6.07, 6.45) is 8.55. The number of hydrogen-bond donors (Lipinski definition) is 0. The molecule has 0 bridgehead atoms. The van der Waals surface area contributed by atoms with Gasteiger partial charge in [-0.25, -0.2) is 4.39 Å². The highest BCUT2D eigenvalue weighted by Crippen LogP contribution is 2.36. The van der Waals surface area contributed by atoms with Gasteiger partial charge in [-0.3, -0.25) is 0 Å². The number of rotatable bonds is 12. The number of hydrogen-bond acceptors (Lipinski definition) is 2. The second-order valence-electron chi connectivity index (χ2n) is 9.21. The molecule has 1 saturated carbocycles. The molecule has 1 fully saturated rings. The Labute approximate surface area is 198 Å². The smallest absolute Gasteiger partial charge is 0.426 e. The van der Waals surface area contributed by atoms with Gasteiger partial charge < -0.3 is 9.47 Å². The molecule has 1 aliphatic carbocycles. The van der Waals surface area contributed by atoms with Crippen LogP contribution in [-0.2, 0) is 12.5 Å². The molecular weight excluding hydrogens is 451 g/mol. The molecule has 0 aromatic heterocycles. The van der Waals surface area contributed by atoms with Crippen LogP contribution in [0.2, 0.25) is 0 Å². The lowest BCUT2D eigenvalue weighted by atomic mass is 9.78. The van der Waals surface area contributed by atoms with Crippen molar-refractivity contribution in [2.75, 3.05) is 0 Å². The zero-order valence-corrected chi connectivity index (χ0v) is 19.6. The van der Waals surface area contributed by atoms with Crippen LogP contribution in [0.1, 0.15) is 75.8 Å². The molecule has 7 heteroatoms. The molecule has 0 atom stereocenters. The first-order valence-corrected chi connectivity index (χ1v) is 12.2. The SMILES string of the molecule is CCCCC[C@H]1CC[C@H](CCc2ccc(C(F)(F)Oc3ccc(OC(F)F)c(F)c3)cc2)CC1. The van der Waals surface area contributed by atoms with Crippen molar-refractivity contribution < 1.29 is 31.4 Å². The number of unbranched alkanes of at least 4 members (excludes halogenated alkanes) is 2. The van der Waals surface area contributed by atoms with Crippen LogP contribution in [0.4, 0.5) is 22.0 Å². The Balaban J connectivity index is 1.48. The van der Waals surface area contributed by atoms with Gasteiger partial charge >= 0.3 is 12.7 Å². The zero-order chi connectivity index (χ0) is 24.6. The van der Waals surface area contributed by atoms with E-state index in [1.807, 2.05) is 0 Å². The monoisotopic (exact) mass is 484 g/mol. The lowest BCUT2D eigenvalue weighted by Crippen LogP contribution is -2.22. The molecule has 2 aromatic carbocycles. The second kappa shape index (κ2) is 12.4. The van der Waals surface area contributed by atoms with Gasteiger partial charge in [0.1, 0.15) is 5.75 Å². The maximum Gasteiger partial charge on any atom is 0.426 e. The van der Waals surface area contributed by atoms with E-state index < -0.39 is 30.0 Å². The maximum atomic E-state index is 14.5. The minimum atomic E-state index is -3.70. The highest BCUT2D eigenvalue weighted by atomic mass is 19.3. The van der Waals surface area contributed by atoms with Crippen molar-refractivity contribution in [3.05, 3.63) is 59.4 Å². The first kappa shape index (κ1) is 26.3. The summed E-state index contributed by atoms with van der Waals surface area (Å²) in [5.74, 6) is -0.873. The molecule has 188 valence electrons. The third kappa shape index (κ3) is 7.88. The van der Waals surface area contributed by atoms with Gasteiger partial charge in [-0.15, -0.1) is 0 Å². The summed E-state index contributed by atoms with van der Waals surface area (Å²) >= 11 is 0. The molecule has 0 aliphatic heterocycles.